The van der Waals surface area contributed by atoms with E-state index >= 15 is 0 Å². The van der Waals surface area contributed by atoms with E-state index in [1.54, 1.807) is 0 Å². The molecule has 1 saturated heterocycles. The molecule has 1 N–H and O–H groups in total. The van der Waals surface area contributed by atoms with E-state index in [1.807, 2.05) is 0 Å². The molecule has 15 heavy (non-hydrogen) atoms. The van der Waals surface area contributed by atoms with E-state index in [-0.39, 0.29) is 6.07 Å². The number of hydrogen-bond acceptors (Lipinski definition) is 2. The summed E-state index contributed by atoms with van der Waals surface area (Å²) >= 11 is 0. The van der Waals surface area contributed by atoms with Gasteiger partial charge in [-0.05, 0) is 0 Å². The molecule has 0 saturated carbocycles. The lowest BCUT2D eigenvalue weighted by atomic mass is 10.2. The molecule has 0 aliphatic carbocycles. The average Bonchev–Trinajstić information content (AvgIpc) is 2.11. The summed E-state index contributed by atoms with van der Waals surface area (Å²) in [5.41, 5.74) is 0. The van der Waals surface area contributed by atoms with Crippen LogP contribution in [-0.2, 0) is 0 Å². The highest BCUT2D eigenvalue weighted by molar-refractivity contribution is 5.28. The Labute approximate surface area is 82.8 Å². The van der Waals surface area contributed by atoms with Crippen molar-refractivity contribution in [2.75, 3.05) is 13.1 Å². The number of hydrogen-bond donors (Lipinski definition) is 1. The van der Waals surface area contributed by atoms with Crippen LogP contribution in [0, 0.1) is 23.3 Å². The van der Waals surface area contributed by atoms with Crippen LogP contribution in [0.5, 0.6) is 5.75 Å². The van der Waals surface area contributed by atoms with E-state index in [9.17, 15) is 17.6 Å². The number of rotatable bonds is 2. The summed E-state index contributed by atoms with van der Waals surface area (Å²) in [5, 5.41) is 2.81. The van der Waals surface area contributed by atoms with Gasteiger partial charge in [-0.25, -0.2) is 13.2 Å². The lowest BCUT2D eigenvalue weighted by Crippen LogP contribution is -2.50. The molecule has 0 aromatic heterocycles. The third-order valence-corrected chi connectivity index (χ3v) is 2.10. The summed E-state index contributed by atoms with van der Waals surface area (Å²) in [6.45, 7) is 0.857. The van der Waals surface area contributed by atoms with E-state index in [2.05, 4.69) is 5.32 Å². The zero-order chi connectivity index (χ0) is 11.0. The maximum absolute atomic E-state index is 13.0. The van der Waals surface area contributed by atoms with Gasteiger partial charge >= 0.3 is 0 Å². The van der Waals surface area contributed by atoms with Crippen molar-refractivity contribution in [2.45, 2.75) is 6.10 Å². The summed E-state index contributed by atoms with van der Waals surface area (Å²) in [7, 11) is 0. The van der Waals surface area contributed by atoms with Crippen LogP contribution in [0.2, 0.25) is 0 Å². The molecule has 1 heterocycles. The van der Waals surface area contributed by atoms with Crippen LogP contribution in [0.1, 0.15) is 0 Å². The first-order chi connectivity index (χ1) is 7.09. The van der Waals surface area contributed by atoms with Gasteiger partial charge in [0.15, 0.2) is 23.2 Å². The molecule has 2 rings (SSSR count). The quantitative estimate of drug-likeness (QED) is 0.465. The monoisotopic (exact) mass is 221 g/mol. The molecular formula is C9H7F4NO. The molecule has 6 heteroatoms. The van der Waals surface area contributed by atoms with Gasteiger partial charge < -0.3 is 10.1 Å². The molecule has 0 spiro atoms. The lowest BCUT2D eigenvalue weighted by molar-refractivity contribution is 0.128. The first kappa shape index (κ1) is 10.2. The highest BCUT2D eigenvalue weighted by Gasteiger charge is 2.25. The number of ether oxygens (including phenoxy) is 1. The second kappa shape index (κ2) is 3.69. The Kier molecular flexibility index (Phi) is 2.52. The van der Waals surface area contributed by atoms with Crippen molar-refractivity contribution in [1.29, 1.82) is 0 Å². The fraction of sp³-hybridized carbons (Fsp3) is 0.333. The van der Waals surface area contributed by atoms with Crippen LogP contribution in [0.4, 0.5) is 17.6 Å². The fourth-order valence-electron chi connectivity index (χ4n) is 1.17. The highest BCUT2D eigenvalue weighted by Crippen LogP contribution is 2.27. The maximum Gasteiger partial charge on any atom is 0.206 e. The van der Waals surface area contributed by atoms with Gasteiger partial charge in [0.1, 0.15) is 6.10 Å². The Balaban J connectivity index is 2.32. The van der Waals surface area contributed by atoms with Crippen LogP contribution in [0.15, 0.2) is 6.07 Å². The zero-order valence-corrected chi connectivity index (χ0v) is 7.49. The Morgan fingerprint density at radius 3 is 2.27 bits per heavy atom. The minimum absolute atomic E-state index is 0.264. The third kappa shape index (κ3) is 1.77. The molecule has 0 bridgehead atoms. The number of halogens is 4. The van der Waals surface area contributed by atoms with E-state index in [1.165, 1.54) is 0 Å². The molecule has 0 radical (unpaired) electrons. The van der Waals surface area contributed by atoms with Crippen molar-refractivity contribution in [3.63, 3.8) is 0 Å². The largest absolute Gasteiger partial charge is 0.482 e. The molecular weight excluding hydrogens is 214 g/mol. The van der Waals surface area contributed by atoms with Crippen LogP contribution in [0.3, 0.4) is 0 Å². The smallest absolute Gasteiger partial charge is 0.206 e. The summed E-state index contributed by atoms with van der Waals surface area (Å²) < 4.78 is 56.2. The van der Waals surface area contributed by atoms with Crippen LogP contribution < -0.4 is 10.1 Å². The average molecular weight is 221 g/mol. The van der Waals surface area contributed by atoms with Crippen molar-refractivity contribution in [3.05, 3.63) is 29.3 Å². The van der Waals surface area contributed by atoms with Gasteiger partial charge in [-0.2, -0.15) is 4.39 Å². The van der Waals surface area contributed by atoms with Gasteiger partial charge in [0.2, 0.25) is 5.82 Å². The minimum atomic E-state index is -1.72. The van der Waals surface area contributed by atoms with Gasteiger partial charge in [-0.15, -0.1) is 0 Å². The molecule has 0 unspecified atom stereocenters. The van der Waals surface area contributed by atoms with Crippen LogP contribution >= 0.6 is 0 Å². The predicted molar refractivity (Wildman–Crippen MR) is 43.6 cm³/mol. The summed E-state index contributed by atoms with van der Waals surface area (Å²) in [6.07, 6.45) is -0.404. The van der Waals surface area contributed by atoms with Crippen LogP contribution in [-0.4, -0.2) is 19.2 Å². The van der Waals surface area contributed by atoms with Gasteiger partial charge in [-0.3, -0.25) is 0 Å². The summed E-state index contributed by atoms with van der Waals surface area (Å²) in [5.74, 6) is -7.01. The van der Waals surface area contributed by atoms with Gasteiger partial charge in [0.25, 0.3) is 0 Å². The Hall–Kier alpha value is -1.30. The second-order valence-corrected chi connectivity index (χ2v) is 3.20. The standard InChI is InChI=1S/C9H7F4NO/c10-5-1-6(11)9(8(13)7(5)12)15-4-2-14-3-4/h1,4,14H,2-3H2. The third-order valence-electron chi connectivity index (χ3n) is 2.10. The Morgan fingerprint density at radius 2 is 1.73 bits per heavy atom. The van der Waals surface area contributed by atoms with Gasteiger partial charge in [-0.1, -0.05) is 0 Å². The topological polar surface area (TPSA) is 21.3 Å². The highest BCUT2D eigenvalue weighted by atomic mass is 19.2. The molecule has 1 fully saturated rings. The molecule has 1 aliphatic heterocycles. The lowest BCUT2D eigenvalue weighted by Gasteiger charge is -2.28. The molecule has 82 valence electrons. The van der Waals surface area contributed by atoms with Crippen LogP contribution in [0.25, 0.3) is 0 Å². The van der Waals surface area contributed by atoms with E-state index in [4.69, 9.17) is 4.74 Å². The molecule has 1 aliphatic rings. The molecule has 1 aromatic carbocycles. The normalized spacial score (nSPS) is 16.3. The van der Waals surface area contributed by atoms with Crippen molar-refractivity contribution in [3.8, 4) is 5.75 Å². The van der Waals surface area contributed by atoms with Crippen molar-refractivity contribution >= 4 is 0 Å². The SMILES string of the molecule is Fc1cc(F)c(OC2CNC2)c(F)c1F. The second-order valence-electron chi connectivity index (χ2n) is 3.20. The number of nitrogens with one attached hydrogen (secondary N) is 1. The van der Waals surface area contributed by atoms with E-state index < -0.39 is 35.1 Å². The van der Waals surface area contributed by atoms with Crippen molar-refractivity contribution in [1.82, 2.24) is 5.32 Å². The summed E-state index contributed by atoms with van der Waals surface area (Å²) in [6, 6.07) is 0.264. The molecule has 0 amide bonds. The zero-order valence-electron chi connectivity index (χ0n) is 7.49. The number of benzene rings is 1. The van der Waals surface area contributed by atoms with Crippen molar-refractivity contribution in [2.24, 2.45) is 0 Å². The van der Waals surface area contributed by atoms with E-state index in [0.717, 1.165) is 0 Å². The molecule has 1 aromatic rings. The van der Waals surface area contributed by atoms with Crippen molar-refractivity contribution < 1.29 is 22.3 Å². The van der Waals surface area contributed by atoms with Gasteiger partial charge in [0, 0.05) is 19.2 Å². The Bertz CT molecular complexity index is 392. The summed E-state index contributed by atoms with van der Waals surface area (Å²) in [4.78, 5) is 0. The maximum atomic E-state index is 13.0. The molecule has 2 nitrogen and oxygen atoms in total. The fourth-order valence-corrected chi connectivity index (χ4v) is 1.17. The van der Waals surface area contributed by atoms with E-state index in [0.29, 0.717) is 13.1 Å². The molecule has 0 atom stereocenters. The minimum Gasteiger partial charge on any atom is -0.482 e. The first-order valence-corrected chi connectivity index (χ1v) is 4.30. The Morgan fingerprint density at radius 1 is 1.07 bits per heavy atom. The van der Waals surface area contributed by atoms with Gasteiger partial charge in [0.05, 0.1) is 0 Å². The predicted octanol–water partition coefficient (Wildman–Crippen LogP) is 1.59. The first-order valence-electron chi connectivity index (χ1n) is 4.30.